The van der Waals surface area contributed by atoms with Crippen LogP contribution >= 0.6 is 0 Å². The molecule has 12 heavy (non-hydrogen) atoms. The van der Waals surface area contributed by atoms with Crippen molar-refractivity contribution in [2.45, 2.75) is 25.5 Å². The number of carboxylic acid groups (broad SMARTS) is 1. The van der Waals surface area contributed by atoms with Gasteiger partial charge >= 0.3 is 5.97 Å². The normalized spacial score (nSPS) is 29.0. The van der Waals surface area contributed by atoms with Crippen LogP contribution in [0.1, 0.15) is 19.8 Å². The van der Waals surface area contributed by atoms with E-state index in [1.54, 1.807) is 0 Å². The molecule has 2 N–H and O–H groups in total. The highest BCUT2D eigenvalue weighted by Gasteiger charge is 2.47. The third-order valence-electron chi connectivity index (χ3n) is 2.08. The molecule has 0 aromatic carbocycles. The molecular formula is C7H11NO4. The van der Waals surface area contributed by atoms with Gasteiger partial charge in [-0.15, -0.1) is 0 Å². The Hall–Kier alpha value is -1.10. The van der Waals surface area contributed by atoms with Gasteiger partial charge in [-0.25, -0.2) is 4.79 Å². The number of aliphatic hydroxyl groups is 1. The lowest BCUT2D eigenvalue weighted by Gasteiger charge is -2.28. The number of nitrogens with zero attached hydrogens (tertiary/aromatic N) is 1. The van der Waals surface area contributed by atoms with Crippen LogP contribution in [0.3, 0.4) is 0 Å². The van der Waals surface area contributed by atoms with Crippen LogP contribution in [0.2, 0.25) is 0 Å². The summed E-state index contributed by atoms with van der Waals surface area (Å²) in [6.45, 7) is 1.57. The number of hydrogen-bond acceptors (Lipinski definition) is 3. The topological polar surface area (TPSA) is 77.8 Å². The average Bonchev–Trinajstić information content (AvgIpc) is 2.32. The molecule has 1 amide bonds. The van der Waals surface area contributed by atoms with E-state index in [2.05, 4.69) is 0 Å². The molecule has 0 aromatic rings. The van der Waals surface area contributed by atoms with Crippen LogP contribution in [0.4, 0.5) is 0 Å². The van der Waals surface area contributed by atoms with Gasteiger partial charge in [-0.1, -0.05) is 0 Å². The van der Waals surface area contributed by atoms with Crippen LogP contribution in [0.15, 0.2) is 0 Å². The van der Waals surface area contributed by atoms with Crippen LogP contribution in [0.25, 0.3) is 0 Å². The lowest BCUT2D eigenvalue weighted by atomic mass is 10.1. The van der Waals surface area contributed by atoms with Crippen molar-refractivity contribution in [2.24, 2.45) is 0 Å². The zero-order valence-electron chi connectivity index (χ0n) is 6.78. The molecule has 68 valence electrons. The molecule has 1 aliphatic rings. The Morgan fingerprint density at radius 1 is 1.50 bits per heavy atom. The zero-order valence-corrected chi connectivity index (χ0v) is 6.78. The van der Waals surface area contributed by atoms with Gasteiger partial charge in [0.25, 0.3) is 0 Å². The van der Waals surface area contributed by atoms with Crippen LogP contribution in [-0.4, -0.2) is 39.3 Å². The zero-order chi connectivity index (χ0) is 9.35. The highest BCUT2D eigenvalue weighted by molar-refractivity contribution is 5.85. The number of carboxylic acids is 1. The molecule has 1 aliphatic heterocycles. The van der Waals surface area contributed by atoms with Gasteiger partial charge in [-0.2, -0.15) is 0 Å². The molecule has 1 heterocycles. The Balaban J connectivity index is 2.89. The van der Waals surface area contributed by atoms with E-state index in [9.17, 15) is 14.7 Å². The second kappa shape index (κ2) is 2.75. The molecule has 5 nitrogen and oxygen atoms in total. The Bertz CT molecular complexity index is 227. The standard InChI is InChI=1S/C7H11NO4/c1-5(9)8-4-2-3-7(8,12)6(10)11/h12H,2-4H2,1H3,(H,10,11)/t7-/m1/s1. The number of hydrogen-bond donors (Lipinski definition) is 2. The molecule has 0 bridgehead atoms. The van der Waals surface area contributed by atoms with Gasteiger partial charge in [-0.3, -0.25) is 4.79 Å². The van der Waals surface area contributed by atoms with Crippen molar-refractivity contribution in [1.29, 1.82) is 0 Å². The van der Waals surface area contributed by atoms with E-state index in [1.807, 2.05) is 0 Å². The minimum atomic E-state index is -1.97. The van der Waals surface area contributed by atoms with Gasteiger partial charge in [0.1, 0.15) is 0 Å². The molecule has 0 radical (unpaired) electrons. The van der Waals surface area contributed by atoms with Crippen LogP contribution in [0.5, 0.6) is 0 Å². The lowest BCUT2D eigenvalue weighted by Crippen LogP contribution is -2.52. The number of rotatable bonds is 1. The number of amides is 1. The van der Waals surface area contributed by atoms with Crippen LogP contribution < -0.4 is 0 Å². The summed E-state index contributed by atoms with van der Waals surface area (Å²) in [5.74, 6) is -1.76. The van der Waals surface area contributed by atoms with E-state index in [1.165, 1.54) is 6.92 Å². The second-order valence-electron chi connectivity index (χ2n) is 2.90. The fourth-order valence-corrected chi connectivity index (χ4v) is 1.44. The number of aliphatic carboxylic acids is 1. The first-order chi connectivity index (χ1) is 5.48. The minimum Gasteiger partial charge on any atom is -0.478 e. The van der Waals surface area contributed by atoms with Gasteiger partial charge in [-0.05, 0) is 6.42 Å². The van der Waals surface area contributed by atoms with Gasteiger partial charge in [0.15, 0.2) is 0 Å². The first-order valence-corrected chi connectivity index (χ1v) is 3.72. The summed E-state index contributed by atoms with van der Waals surface area (Å²) in [4.78, 5) is 22.4. The average molecular weight is 173 g/mol. The molecule has 1 atom stereocenters. The molecule has 0 saturated carbocycles. The fourth-order valence-electron chi connectivity index (χ4n) is 1.44. The third kappa shape index (κ3) is 1.16. The molecule has 1 rings (SSSR count). The van der Waals surface area contributed by atoms with Gasteiger partial charge in [0.2, 0.25) is 11.6 Å². The van der Waals surface area contributed by atoms with Crippen molar-refractivity contribution in [3.8, 4) is 0 Å². The lowest BCUT2D eigenvalue weighted by molar-refractivity contribution is -0.181. The van der Waals surface area contributed by atoms with Gasteiger partial charge < -0.3 is 15.1 Å². The molecule has 1 saturated heterocycles. The molecule has 0 aliphatic carbocycles. The molecule has 0 spiro atoms. The molecule has 1 fully saturated rings. The minimum absolute atomic E-state index is 0.113. The fraction of sp³-hybridized carbons (Fsp3) is 0.714. The summed E-state index contributed by atoms with van der Waals surface area (Å²) in [5, 5.41) is 18.2. The van der Waals surface area contributed by atoms with E-state index in [0.29, 0.717) is 13.0 Å². The van der Waals surface area contributed by atoms with E-state index >= 15 is 0 Å². The highest BCUT2D eigenvalue weighted by atomic mass is 16.4. The first kappa shape index (κ1) is 8.99. The molecular weight excluding hydrogens is 162 g/mol. The van der Waals surface area contributed by atoms with Crippen molar-refractivity contribution in [2.75, 3.05) is 6.54 Å². The third-order valence-corrected chi connectivity index (χ3v) is 2.08. The Kier molecular flexibility index (Phi) is 2.06. The largest absolute Gasteiger partial charge is 0.478 e. The maximum atomic E-state index is 10.9. The van der Waals surface area contributed by atoms with E-state index < -0.39 is 17.6 Å². The van der Waals surface area contributed by atoms with Crippen molar-refractivity contribution in [1.82, 2.24) is 4.90 Å². The monoisotopic (exact) mass is 173 g/mol. The van der Waals surface area contributed by atoms with Crippen molar-refractivity contribution in [3.63, 3.8) is 0 Å². The van der Waals surface area contributed by atoms with Crippen molar-refractivity contribution >= 4 is 11.9 Å². The second-order valence-corrected chi connectivity index (χ2v) is 2.90. The van der Waals surface area contributed by atoms with Crippen molar-refractivity contribution < 1.29 is 19.8 Å². The summed E-state index contributed by atoms with van der Waals surface area (Å²) in [7, 11) is 0. The van der Waals surface area contributed by atoms with Gasteiger partial charge in [0, 0.05) is 19.9 Å². The van der Waals surface area contributed by atoms with Crippen LogP contribution in [-0.2, 0) is 9.59 Å². The number of carbonyl (C=O) groups is 2. The predicted octanol–water partition coefficient (Wildman–Crippen LogP) is -0.598. The first-order valence-electron chi connectivity index (χ1n) is 3.72. The van der Waals surface area contributed by atoms with E-state index in [4.69, 9.17) is 5.11 Å². The summed E-state index contributed by atoms with van der Waals surface area (Å²) in [5.41, 5.74) is -1.97. The smallest absolute Gasteiger partial charge is 0.357 e. The van der Waals surface area contributed by atoms with Crippen molar-refractivity contribution in [3.05, 3.63) is 0 Å². The molecule has 0 unspecified atom stereocenters. The number of carbonyl (C=O) groups excluding carboxylic acids is 1. The molecule has 5 heteroatoms. The Labute approximate surface area is 69.6 Å². The Morgan fingerprint density at radius 3 is 2.42 bits per heavy atom. The maximum Gasteiger partial charge on any atom is 0.357 e. The summed E-state index contributed by atoms with van der Waals surface area (Å²) in [6.07, 6.45) is 0.643. The summed E-state index contributed by atoms with van der Waals surface area (Å²) < 4.78 is 0. The maximum absolute atomic E-state index is 10.9. The summed E-state index contributed by atoms with van der Waals surface area (Å²) in [6, 6.07) is 0. The number of likely N-dealkylation sites (tertiary alicyclic amines) is 1. The SMILES string of the molecule is CC(=O)N1CCC[C@@]1(O)C(=O)O. The quantitative estimate of drug-likeness (QED) is 0.555. The predicted molar refractivity (Wildman–Crippen MR) is 39.2 cm³/mol. The summed E-state index contributed by atoms with van der Waals surface area (Å²) >= 11 is 0. The van der Waals surface area contributed by atoms with E-state index in [-0.39, 0.29) is 6.42 Å². The Morgan fingerprint density at radius 2 is 2.08 bits per heavy atom. The molecule has 0 aromatic heterocycles. The van der Waals surface area contributed by atoms with Gasteiger partial charge in [0.05, 0.1) is 0 Å². The van der Waals surface area contributed by atoms with E-state index in [0.717, 1.165) is 4.90 Å². The highest BCUT2D eigenvalue weighted by Crippen LogP contribution is 2.26. The van der Waals surface area contributed by atoms with Crippen LogP contribution in [0, 0.1) is 0 Å².